The fraction of sp³-hybridized carbons (Fsp3) is 0.235. The number of carboxylic acid groups (broad SMARTS) is 1. The minimum Gasteiger partial charge on any atom is -0.487 e. The van der Waals surface area contributed by atoms with Gasteiger partial charge in [0.25, 0.3) is 5.69 Å². The van der Waals surface area contributed by atoms with Crippen LogP contribution in [0.15, 0.2) is 30.3 Å². The second kappa shape index (κ2) is 6.95. The number of rotatable bonds is 4. The summed E-state index contributed by atoms with van der Waals surface area (Å²) in [6, 6.07) is 4.72. The average molecular weight is 366 g/mol. The van der Waals surface area contributed by atoms with Gasteiger partial charge < -0.3 is 9.84 Å². The van der Waals surface area contributed by atoms with Crippen molar-refractivity contribution in [1.29, 1.82) is 0 Å². The van der Waals surface area contributed by atoms with Gasteiger partial charge in [-0.05, 0) is 39.0 Å². The average Bonchev–Trinajstić information content (AvgIpc) is 2.47. The van der Waals surface area contributed by atoms with E-state index in [-0.39, 0.29) is 22.6 Å². The van der Waals surface area contributed by atoms with E-state index < -0.39 is 33.9 Å². The van der Waals surface area contributed by atoms with E-state index in [9.17, 15) is 23.7 Å². The molecule has 138 valence electrons. The number of halogens is 2. The maximum absolute atomic E-state index is 14.2. The number of hydrogen-bond donors (Lipinski definition) is 2. The van der Waals surface area contributed by atoms with Crippen LogP contribution in [0.5, 0.6) is 5.75 Å². The summed E-state index contributed by atoms with van der Waals surface area (Å²) < 4.78 is 33.5. The number of carbonyl (C=O) groups is 1. The molecular weight excluding hydrogens is 350 g/mol. The lowest BCUT2D eigenvalue weighted by atomic mass is 10.0. The first-order valence-corrected chi connectivity index (χ1v) is 7.45. The number of nitro benzene ring substituents is 1. The molecule has 26 heavy (non-hydrogen) atoms. The summed E-state index contributed by atoms with van der Waals surface area (Å²) >= 11 is 0. The Bertz CT molecular complexity index is 878. The summed E-state index contributed by atoms with van der Waals surface area (Å²) in [6.07, 6.45) is -1.51. The third-order valence-electron chi connectivity index (χ3n) is 3.17. The highest BCUT2D eigenvalue weighted by atomic mass is 19.1. The molecule has 0 saturated carbocycles. The van der Waals surface area contributed by atoms with E-state index in [0.717, 1.165) is 30.3 Å². The van der Waals surface area contributed by atoms with E-state index in [1.165, 1.54) is 0 Å². The van der Waals surface area contributed by atoms with Crippen molar-refractivity contribution in [2.75, 3.05) is 5.32 Å². The number of ether oxygens (including phenoxy) is 1. The second-order valence-electron chi connectivity index (χ2n) is 6.39. The molecule has 0 atom stereocenters. The number of nitrogens with zero attached hydrogens (tertiary/aromatic N) is 1. The van der Waals surface area contributed by atoms with Crippen LogP contribution >= 0.6 is 0 Å². The van der Waals surface area contributed by atoms with E-state index in [2.05, 4.69) is 0 Å². The van der Waals surface area contributed by atoms with Gasteiger partial charge in [0.05, 0.1) is 4.92 Å². The van der Waals surface area contributed by atoms with Crippen LogP contribution < -0.4 is 10.1 Å². The van der Waals surface area contributed by atoms with Crippen LogP contribution in [0.4, 0.5) is 25.0 Å². The van der Waals surface area contributed by atoms with Gasteiger partial charge >= 0.3 is 6.09 Å². The van der Waals surface area contributed by atoms with Gasteiger partial charge in [-0.1, -0.05) is 0 Å². The molecule has 0 aromatic heterocycles. The molecule has 9 heteroatoms. The van der Waals surface area contributed by atoms with Crippen molar-refractivity contribution in [1.82, 2.24) is 0 Å². The van der Waals surface area contributed by atoms with Crippen LogP contribution in [-0.2, 0) is 0 Å². The number of amides is 1. The van der Waals surface area contributed by atoms with E-state index in [4.69, 9.17) is 9.84 Å². The van der Waals surface area contributed by atoms with Gasteiger partial charge in [-0.3, -0.25) is 15.4 Å². The summed E-state index contributed by atoms with van der Waals surface area (Å²) in [6.45, 7) is 5.05. The summed E-state index contributed by atoms with van der Waals surface area (Å²) in [5, 5.41) is 22.1. The van der Waals surface area contributed by atoms with Gasteiger partial charge in [-0.2, -0.15) is 0 Å². The summed E-state index contributed by atoms with van der Waals surface area (Å²) in [4.78, 5) is 21.4. The molecular formula is C17H16F2N2O5. The molecule has 2 aromatic rings. The molecule has 0 aliphatic carbocycles. The van der Waals surface area contributed by atoms with Gasteiger partial charge in [-0.25, -0.2) is 13.6 Å². The minimum atomic E-state index is -1.51. The molecule has 1 amide bonds. The first-order chi connectivity index (χ1) is 12.0. The standard InChI is InChI=1S/C17H16F2N2O5/c1-17(2,3)26-15-8-13(20-16(22)23)14(21(24)25)7-11(15)10-6-9(18)4-5-12(10)19/h4-8,20H,1-3H3,(H,22,23). The maximum Gasteiger partial charge on any atom is 0.409 e. The number of benzene rings is 2. The van der Waals surface area contributed by atoms with Crippen molar-refractivity contribution in [2.45, 2.75) is 26.4 Å². The van der Waals surface area contributed by atoms with Gasteiger partial charge in [0.2, 0.25) is 0 Å². The van der Waals surface area contributed by atoms with E-state index in [1.807, 2.05) is 5.32 Å². The lowest BCUT2D eigenvalue weighted by Gasteiger charge is -2.24. The Morgan fingerprint density at radius 3 is 2.38 bits per heavy atom. The number of hydrogen-bond acceptors (Lipinski definition) is 4. The molecule has 0 unspecified atom stereocenters. The fourth-order valence-corrected chi connectivity index (χ4v) is 2.26. The zero-order valence-electron chi connectivity index (χ0n) is 14.2. The van der Waals surface area contributed by atoms with Crippen LogP contribution in [0.2, 0.25) is 0 Å². The predicted octanol–water partition coefficient (Wildman–Crippen LogP) is 4.81. The van der Waals surface area contributed by atoms with Crippen molar-refractivity contribution in [3.63, 3.8) is 0 Å². The summed E-state index contributed by atoms with van der Waals surface area (Å²) in [7, 11) is 0. The van der Waals surface area contributed by atoms with E-state index in [0.29, 0.717) is 0 Å². The third kappa shape index (κ3) is 4.44. The van der Waals surface area contributed by atoms with Crippen molar-refractivity contribution >= 4 is 17.5 Å². The molecule has 2 aromatic carbocycles. The topological polar surface area (TPSA) is 102 Å². The lowest BCUT2D eigenvalue weighted by molar-refractivity contribution is -0.383. The molecule has 2 N–H and O–H groups in total. The van der Waals surface area contributed by atoms with Crippen LogP contribution in [0, 0.1) is 21.7 Å². The van der Waals surface area contributed by atoms with Crippen LogP contribution in [-0.4, -0.2) is 21.7 Å². The smallest absolute Gasteiger partial charge is 0.409 e. The van der Waals surface area contributed by atoms with Gasteiger partial charge in [0, 0.05) is 23.3 Å². The van der Waals surface area contributed by atoms with Crippen LogP contribution in [0.25, 0.3) is 11.1 Å². The highest BCUT2D eigenvalue weighted by Crippen LogP contribution is 2.41. The zero-order chi connectivity index (χ0) is 19.6. The molecule has 0 heterocycles. The van der Waals surface area contributed by atoms with E-state index in [1.54, 1.807) is 20.8 Å². The predicted molar refractivity (Wildman–Crippen MR) is 90.5 cm³/mol. The molecule has 2 rings (SSSR count). The number of nitro groups is 1. The SMILES string of the molecule is CC(C)(C)Oc1cc(NC(=O)O)c([N+](=O)[O-])cc1-c1cc(F)ccc1F. The van der Waals surface area contributed by atoms with Crippen molar-refractivity contribution in [2.24, 2.45) is 0 Å². The Balaban J connectivity index is 2.78. The van der Waals surface area contributed by atoms with Crippen LogP contribution in [0.1, 0.15) is 20.8 Å². The Hall–Kier alpha value is -3.23. The van der Waals surface area contributed by atoms with Gasteiger partial charge in [0.15, 0.2) is 0 Å². The first-order valence-electron chi connectivity index (χ1n) is 7.45. The summed E-state index contributed by atoms with van der Waals surface area (Å²) in [5.74, 6) is -1.58. The third-order valence-corrected chi connectivity index (χ3v) is 3.17. The number of anilines is 1. The normalized spacial score (nSPS) is 11.1. The van der Waals surface area contributed by atoms with Crippen molar-refractivity contribution in [3.8, 4) is 16.9 Å². The second-order valence-corrected chi connectivity index (χ2v) is 6.39. The summed E-state index contributed by atoms with van der Waals surface area (Å²) in [5.41, 5.74) is -2.06. The first kappa shape index (κ1) is 19.1. The molecule has 0 spiro atoms. The zero-order valence-corrected chi connectivity index (χ0v) is 14.2. The Morgan fingerprint density at radius 1 is 1.19 bits per heavy atom. The number of nitrogens with one attached hydrogen (secondary N) is 1. The van der Waals surface area contributed by atoms with Crippen molar-refractivity contribution < 1.29 is 28.3 Å². The maximum atomic E-state index is 14.2. The molecule has 0 saturated heterocycles. The molecule has 0 aliphatic rings. The highest BCUT2D eigenvalue weighted by Gasteiger charge is 2.25. The molecule has 0 aliphatic heterocycles. The minimum absolute atomic E-state index is 0.0312. The fourth-order valence-electron chi connectivity index (χ4n) is 2.26. The molecule has 7 nitrogen and oxygen atoms in total. The molecule has 0 radical (unpaired) electrons. The van der Waals surface area contributed by atoms with Gasteiger partial charge in [-0.15, -0.1) is 0 Å². The van der Waals surface area contributed by atoms with Crippen molar-refractivity contribution in [3.05, 3.63) is 52.1 Å². The largest absolute Gasteiger partial charge is 0.487 e. The van der Waals surface area contributed by atoms with E-state index >= 15 is 0 Å². The van der Waals surface area contributed by atoms with Crippen LogP contribution in [0.3, 0.4) is 0 Å². The quantitative estimate of drug-likeness (QED) is 0.597. The highest BCUT2D eigenvalue weighted by molar-refractivity contribution is 5.89. The Morgan fingerprint density at radius 2 is 1.85 bits per heavy atom. The molecule has 0 fully saturated rings. The molecule has 0 bridgehead atoms. The van der Waals surface area contributed by atoms with Gasteiger partial charge in [0.1, 0.15) is 28.7 Å². The Kier molecular flexibility index (Phi) is 5.10. The lowest BCUT2D eigenvalue weighted by Crippen LogP contribution is -2.23. The monoisotopic (exact) mass is 366 g/mol. The Labute approximate surface area is 147 Å².